The molecule has 1 atom stereocenters. The Morgan fingerprint density at radius 1 is 1.27 bits per heavy atom. The van der Waals surface area contributed by atoms with Gasteiger partial charge in [0.1, 0.15) is 12.3 Å². The van der Waals surface area contributed by atoms with Crippen LogP contribution in [0.5, 0.6) is 5.75 Å². The molecule has 7 heteroatoms. The Morgan fingerprint density at radius 3 is 2.64 bits per heavy atom. The third kappa shape index (κ3) is 4.13. The third-order valence-electron chi connectivity index (χ3n) is 2.96. The Hall–Kier alpha value is -1.76. The summed E-state index contributed by atoms with van der Waals surface area (Å²) in [4.78, 5) is 11.6. The van der Waals surface area contributed by atoms with Gasteiger partial charge in [0.25, 0.3) is 5.91 Å². The van der Waals surface area contributed by atoms with E-state index >= 15 is 0 Å². The Balaban J connectivity index is 2.10. The average Bonchev–Trinajstić information content (AvgIpc) is 2.47. The van der Waals surface area contributed by atoms with Crippen LogP contribution in [0.1, 0.15) is 6.92 Å². The molecule has 0 heterocycles. The van der Waals surface area contributed by atoms with Gasteiger partial charge in [-0.3, -0.25) is 4.79 Å². The molecule has 0 aliphatic rings. The summed E-state index contributed by atoms with van der Waals surface area (Å²) in [6.45, 7) is 0.0196. The second-order valence-electron chi connectivity index (χ2n) is 4.69. The van der Waals surface area contributed by atoms with Crippen LogP contribution in [0.25, 0.3) is 10.8 Å². The Morgan fingerprint density at radius 2 is 1.95 bits per heavy atom. The van der Waals surface area contributed by atoms with Gasteiger partial charge in [-0.2, -0.15) is 13.2 Å². The highest BCUT2D eigenvalue weighted by Crippen LogP contribution is 2.33. The van der Waals surface area contributed by atoms with E-state index in [1.165, 1.54) is 6.92 Å². The van der Waals surface area contributed by atoms with Gasteiger partial charge in [0.2, 0.25) is 0 Å². The number of ether oxygens (including phenoxy) is 1. The number of benzene rings is 2. The summed E-state index contributed by atoms with van der Waals surface area (Å²) in [5, 5.41) is 3.67. The highest BCUT2D eigenvalue weighted by Gasteiger charge is 2.29. The Kier molecular flexibility index (Phi) is 4.95. The van der Waals surface area contributed by atoms with E-state index in [1.54, 1.807) is 11.4 Å². The maximum Gasteiger partial charge on any atom is 0.405 e. The van der Waals surface area contributed by atoms with Crippen molar-refractivity contribution in [1.29, 1.82) is 0 Å². The van der Waals surface area contributed by atoms with E-state index in [0.29, 0.717) is 10.2 Å². The fraction of sp³-hybridized carbons (Fsp3) is 0.267. The molecule has 1 N–H and O–H groups in total. The SMILES string of the molecule is CC(Oc1ccc2ccccc2c1Br)C(=O)NCC(F)(F)F. The Labute approximate surface area is 133 Å². The first-order valence-corrected chi connectivity index (χ1v) is 7.25. The van der Waals surface area contributed by atoms with Crippen LogP contribution in [0.15, 0.2) is 40.9 Å². The Bertz CT molecular complexity index is 688. The molecule has 0 fully saturated rings. The van der Waals surface area contributed by atoms with Crippen LogP contribution in [0.2, 0.25) is 0 Å². The number of alkyl halides is 3. The molecule has 0 saturated carbocycles. The molecule has 0 aliphatic heterocycles. The van der Waals surface area contributed by atoms with Crippen LogP contribution in [0.4, 0.5) is 13.2 Å². The van der Waals surface area contributed by atoms with Crippen molar-refractivity contribution < 1.29 is 22.7 Å². The molecule has 2 aromatic rings. The predicted molar refractivity (Wildman–Crippen MR) is 80.8 cm³/mol. The van der Waals surface area contributed by atoms with Crippen LogP contribution in [-0.4, -0.2) is 24.7 Å². The molecule has 2 aromatic carbocycles. The lowest BCUT2D eigenvalue weighted by molar-refractivity contribution is -0.142. The minimum Gasteiger partial charge on any atom is -0.480 e. The van der Waals surface area contributed by atoms with E-state index in [1.807, 2.05) is 30.3 Å². The van der Waals surface area contributed by atoms with Gasteiger partial charge in [-0.1, -0.05) is 30.3 Å². The van der Waals surface area contributed by atoms with Crippen molar-refractivity contribution >= 4 is 32.6 Å². The molecule has 0 spiro atoms. The quantitative estimate of drug-likeness (QED) is 0.875. The zero-order chi connectivity index (χ0) is 16.3. The number of carbonyl (C=O) groups excluding carboxylic acids is 1. The fourth-order valence-electron chi connectivity index (χ4n) is 1.88. The van der Waals surface area contributed by atoms with Crippen molar-refractivity contribution in [3.63, 3.8) is 0 Å². The lowest BCUT2D eigenvalue weighted by atomic mass is 10.1. The lowest BCUT2D eigenvalue weighted by Crippen LogP contribution is -2.41. The van der Waals surface area contributed by atoms with Crippen LogP contribution in [0, 0.1) is 0 Å². The molecule has 22 heavy (non-hydrogen) atoms. The molecule has 3 nitrogen and oxygen atoms in total. The normalized spacial score (nSPS) is 13.0. The van der Waals surface area contributed by atoms with E-state index in [9.17, 15) is 18.0 Å². The van der Waals surface area contributed by atoms with Crippen LogP contribution in [0.3, 0.4) is 0 Å². The van der Waals surface area contributed by atoms with E-state index in [4.69, 9.17) is 4.74 Å². The third-order valence-corrected chi connectivity index (χ3v) is 3.78. The van der Waals surface area contributed by atoms with Crippen molar-refractivity contribution in [2.75, 3.05) is 6.54 Å². The fourth-order valence-corrected chi connectivity index (χ4v) is 2.47. The standard InChI is InChI=1S/C15H13BrF3NO2/c1-9(14(21)20-8-15(17,18)19)22-12-7-6-10-4-2-3-5-11(10)13(12)16/h2-7,9H,8H2,1H3,(H,20,21). The average molecular weight is 376 g/mol. The van der Waals surface area contributed by atoms with Crippen molar-refractivity contribution in [3.8, 4) is 5.75 Å². The molecule has 0 radical (unpaired) electrons. The van der Waals surface area contributed by atoms with Crippen molar-refractivity contribution in [2.45, 2.75) is 19.2 Å². The lowest BCUT2D eigenvalue weighted by Gasteiger charge is -2.17. The van der Waals surface area contributed by atoms with E-state index in [-0.39, 0.29) is 0 Å². The molecule has 0 aromatic heterocycles. The van der Waals surface area contributed by atoms with E-state index in [0.717, 1.165) is 10.8 Å². The largest absolute Gasteiger partial charge is 0.480 e. The monoisotopic (exact) mass is 375 g/mol. The summed E-state index contributed by atoms with van der Waals surface area (Å²) in [6.07, 6.45) is -5.49. The van der Waals surface area contributed by atoms with Gasteiger partial charge < -0.3 is 10.1 Å². The second kappa shape index (κ2) is 6.56. The second-order valence-corrected chi connectivity index (χ2v) is 5.48. The van der Waals surface area contributed by atoms with Crippen LogP contribution in [-0.2, 0) is 4.79 Å². The molecule has 2 rings (SSSR count). The smallest absolute Gasteiger partial charge is 0.405 e. The predicted octanol–water partition coefficient (Wildman–Crippen LogP) is 4.05. The minimum absolute atomic E-state index is 0.397. The van der Waals surface area contributed by atoms with Gasteiger partial charge in [-0.15, -0.1) is 0 Å². The summed E-state index contributed by atoms with van der Waals surface area (Å²) in [7, 11) is 0. The highest BCUT2D eigenvalue weighted by atomic mass is 79.9. The number of nitrogens with one attached hydrogen (secondary N) is 1. The van der Waals surface area contributed by atoms with Crippen LogP contribution < -0.4 is 10.1 Å². The molecular weight excluding hydrogens is 363 g/mol. The molecule has 0 bridgehead atoms. The zero-order valence-corrected chi connectivity index (χ0v) is 13.2. The first-order valence-electron chi connectivity index (χ1n) is 6.46. The number of halogens is 4. The first-order chi connectivity index (χ1) is 10.3. The number of amides is 1. The summed E-state index contributed by atoms with van der Waals surface area (Å²) >= 11 is 3.39. The van der Waals surface area contributed by atoms with Crippen molar-refractivity contribution in [1.82, 2.24) is 5.32 Å². The highest BCUT2D eigenvalue weighted by molar-refractivity contribution is 9.10. The van der Waals surface area contributed by atoms with Crippen LogP contribution >= 0.6 is 15.9 Å². The first kappa shape index (κ1) is 16.6. The summed E-state index contributed by atoms with van der Waals surface area (Å²) < 4.78 is 42.4. The van der Waals surface area contributed by atoms with Gasteiger partial charge in [0.05, 0.1) is 4.47 Å². The molecular formula is C15H13BrF3NO2. The minimum atomic E-state index is -4.45. The summed E-state index contributed by atoms with van der Waals surface area (Å²) in [5.74, 6) is -0.425. The molecule has 1 amide bonds. The van der Waals surface area contributed by atoms with Gasteiger partial charge in [0, 0.05) is 0 Å². The number of fused-ring (bicyclic) bond motifs is 1. The van der Waals surface area contributed by atoms with Crippen molar-refractivity contribution in [2.24, 2.45) is 0 Å². The van der Waals surface area contributed by atoms with Gasteiger partial charge in [-0.25, -0.2) is 0 Å². The molecule has 118 valence electrons. The number of hydrogen-bond donors (Lipinski definition) is 1. The van der Waals surface area contributed by atoms with Crippen molar-refractivity contribution in [3.05, 3.63) is 40.9 Å². The molecule has 1 unspecified atom stereocenters. The zero-order valence-electron chi connectivity index (χ0n) is 11.6. The molecule has 0 saturated heterocycles. The molecule has 0 aliphatic carbocycles. The maximum atomic E-state index is 12.1. The maximum absolute atomic E-state index is 12.1. The summed E-state index contributed by atoms with van der Waals surface area (Å²) in [5.41, 5.74) is 0. The number of rotatable bonds is 4. The van der Waals surface area contributed by atoms with E-state index < -0.39 is 24.7 Å². The number of hydrogen-bond acceptors (Lipinski definition) is 2. The topological polar surface area (TPSA) is 38.3 Å². The van der Waals surface area contributed by atoms with Gasteiger partial charge in [0.15, 0.2) is 6.10 Å². The number of carbonyl (C=O) groups is 1. The van der Waals surface area contributed by atoms with Gasteiger partial charge in [-0.05, 0) is 39.7 Å². The van der Waals surface area contributed by atoms with Gasteiger partial charge >= 0.3 is 6.18 Å². The van der Waals surface area contributed by atoms with E-state index in [2.05, 4.69) is 15.9 Å². The summed E-state index contributed by atoms with van der Waals surface area (Å²) in [6, 6.07) is 11.0.